The van der Waals surface area contributed by atoms with Crippen molar-refractivity contribution in [3.8, 4) is 24.0 Å². The van der Waals surface area contributed by atoms with Crippen molar-refractivity contribution in [2.24, 2.45) is 12.2 Å². The average Bonchev–Trinajstić information content (AvgIpc) is 2.79. The summed E-state index contributed by atoms with van der Waals surface area (Å²) in [5.74, 6) is 2.69. The van der Waals surface area contributed by atoms with Crippen molar-refractivity contribution in [3.05, 3.63) is 53.5 Å². The number of ether oxygens (including phenoxy) is 1. The van der Waals surface area contributed by atoms with Crippen molar-refractivity contribution in [2.75, 3.05) is 6.61 Å². The van der Waals surface area contributed by atoms with Crippen molar-refractivity contribution in [2.45, 2.75) is 6.92 Å². The van der Waals surface area contributed by atoms with Crippen LogP contribution in [0.4, 0.5) is 4.39 Å². The number of rotatable bonds is 6. The van der Waals surface area contributed by atoms with E-state index in [0.717, 1.165) is 6.08 Å². The number of allylic oxidation sites excluding steroid dienone is 1. The lowest BCUT2D eigenvalue weighted by Crippen LogP contribution is -1.97. The van der Waals surface area contributed by atoms with E-state index < -0.39 is 5.83 Å². The van der Waals surface area contributed by atoms with Gasteiger partial charge in [0.25, 0.3) is 0 Å². The molecule has 0 aliphatic rings. The van der Waals surface area contributed by atoms with Gasteiger partial charge in [-0.1, -0.05) is 29.3 Å². The van der Waals surface area contributed by atoms with Crippen LogP contribution in [0.1, 0.15) is 11.3 Å². The molecule has 1 heterocycles. The van der Waals surface area contributed by atoms with Gasteiger partial charge in [0.1, 0.15) is 11.6 Å². The number of hydrogen-bond donors (Lipinski definition) is 0. The first-order valence-corrected chi connectivity index (χ1v) is 6.84. The summed E-state index contributed by atoms with van der Waals surface area (Å²) < 4.78 is 20.5. The third-order valence-electron chi connectivity index (χ3n) is 2.87. The fraction of sp³-hybridized carbons (Fsp3) is 0.176. The molecule has 0 N–H and O–H groups in total. The molecule has 0 atom stereocenters. The van der Waals surface area contributed by atoms with Gasteiger partial charge in [0.05, 0.1) is 17.5 Å². The van der Waals surface area contributed by atoms with Crippen LogP contribution in [0.15, 0.2) is 47.4 Å². The second-order valence-corrected chi connectivity index (χ2v) is 4.61. The number of aromatic nitrogens is 2. The number of oxime groups is 1. The first-order valence-electron chi connectivity index (χ1n) is 6.84. The maximum absolute atomic E-state index is 13.1. The molecule has 0 aliphatic heterocycles. The molecular formula is C17H16FN3O2. The van der Waals surface area contributed by atoms with Gasteiger partial charge in [0, 0.05) is 13.1 Å². The summed E-state index contributed by atoms with van der Waals surface area (Å²) in [6, 6.07) is 9.31. The molecule has 5 nitrogen and oxygen atoms in total. The third kappa shape index (κ3) is 4.45. The zero-order chi connectivity index (χ0) is 16.7. The first kappa shape index (κ1) is 16.3. The maximum Gasteiger partial charge on any atom is 0.226 e. The normalized spacial score (nSPS) is 11.5. The Bertz CT molecular complexity index is 758. The van der Waals surface area contributed by atoms with Crippen LogP contribution in [0.5, 0.6) is 11.6 Å². The van der Waals surface area contributed by atoms with E-state index in [4.69, 9.17) is 16.0 Å². The number of benzene rings is 1. The smallest absolute Gasteiger partial charge is 0.226 e. The zero-order valence-electron chi connectivity index (χ0n) is 12.9. The molecule has 0 amide bonds. The molecule has 0 fully saturated rings. The Labute approximate surface area is 134 Å². The van der Waals surface area contributed by atoms with Crippen LogP contribution >= 0.6 is 0 Å². The Kier molecular flexibility index (Phi) is 5.53. The Morgan fingerprint density at radius 1 is 1.43 bits per heavy atom. The van der Waals surface area contributed by atoms with Crippen LogP contribution in [0, 0.1) is 19.3 Å². The topological polar surface area (TPSA) is 48.6 Å². The molecule has 2 aromatic rings. The summed E-state index contributed by atoms with van der Waals surface area (Å²) in [5.41, 5.74) is 1.36. The molecule has 0 radical (unpaired) electrons. The summed E-state index contributed by atoms with van der Waals surface area (Å²) in [5, 5.41) is 8.02. The van der Waals surface area contributed by atoms with Gasteiger partial charge in [0.2, 0.25) is 5.88 Å². The molecule has 6 heteroatoms. The summed E-state index contributed by atoms with van der Waals surface area (Å²) in [6.45, 7) is 1.49. The summed E-state index contributed by atoms with van der Waals surface area (Å²) in [7, 11) is 1.76. The van der Waals surface area contributed by atoms with Gasteiger partial charge in [-0.15, -0.1) is 6.42 Å². The molecule has 1 aromatic heterocycles. The molecule has 0 unspecified atom stereocenters. The van der Waals surface area contributed by atoms with Crippen molar-refractivity contribution in [3.63, 3.8) is 0 Å². The van der Waals surface area contributed by atoms with Crippen molar-refractivity contribution in [1.82, 2.24) is 9.78 Å². The average molecular weight is 313 g/mol. The number of hydrogen-bond acceptors (Lipinski definition) is 4. The summed E-state index contributed by atoms with van der Waals surface area (Å²) in [6.07, 6.45) is 7.37. The van der Waals surface area contributed by atoms with Gasteiger partial charge in [-0.25, -0.2) is 9.07 Å². The maximum atomic E-state index is 13.1. The number of terminal acetylenes is 1. The predicted octanol–water partition coefficient (Wildman–Crippen LogP) is 3.36. The molecule has 0 saturated heterocycles. The lowest BCUT2D eigenvalue weighted by Gasteiger charge is -2.06. The molecule has 0 aliphatic carbocycles. The molecular weight excluding hydrogens is 297 g/mol. The molecule has 0 saturated carbocycles. The Morgan fingerprint density at radius 2 is 2.17 bits per heavy atom. The number of aryl methyl sites for hydroxylation is 2. The van der Waals surface area contributed by atoms with Crippen LogP contribution in [0.25, 0.3) is 0 Å². The van der Waals surface area contributed by atoms with E-state index in [9.17, 15) is 4.39 Å². The molecule has 2 rings (SSSR count). The van der Waals surface area contributed by atoms with E-state index in [1.165, 1.54) is 6.21 Å². The van der Waals surface area contributed by atoms with Gasteiger partial charge in [-0.2, -0.15) is 5.10 Å². The first-order chi connectivity index (χ1) is 11.1. The molecule has 0 spiro atoms. The Hall–Kier alpha value is -3.07. The third-order valence-corrected chi connectivity index (χ3v) is 2.87. The minimum Gasteiger partial charge on any atom is -0.439 e. The quantitative estimate of drug-likeness (QED) is 0.467. The lowest BCUT2D eigenvalue weighted by atomic mass is 10.3. The number of halogens is 1. The molecule has 23 heavy (non-hydrogen) atoms. The van der Waals surface area contributed by atoms with Gasteiger partial charge < -0.3 is 9.57 Å². The standard InChI is InChI=1S/C17H16FN3O2/c1-4-8-14(18)12-22-19-11-16-13(2)20-21(3)17(16)23-15-9-6-5-7-10-15/h1,5-11H,12H2,2-3H3. The van der Waals surface area contributed by atoms with E-state index in [1.54, 1.807) is 11.7 Å². The van der Waals surface area contributed by atoms with Crippen LogP contribution in [-0.2, 0) is 11.9 Å². The van der Waals surface area contributed by atoms with E-state index >= 15 is 0 Å². The minimum atomic E-state index is -0.576. The van der Waals surface area contributed by atoms with Crippen molar-refractivity contribution >= 4 is 6.21 Å². The molecule has 0 bridgehead atoms. The zero-order valence-corrected chi connectivity index (χ0v) is 12.9. The highest BCUT2D eigenvalue weighted by Crippen LogP contribution is 2.25. The molecule has 1 aromatic carbocycles. The number of nitrogens with zero attached hydrogens (tertiary/aromatic N) is 3. The highest BCUT2D eigenvalue weighted by molar-refractivity contribution is 5.84. The van der Waals surface area contributed by atoms with Crippen molar-refractivity contribution in [1.29, 1.82) is 0 Å². The summed E-state index contributed by atoms with van der Waals surface area (Å²) >= 11 is 0. The van der Waals surface area contributed by atoms with Gasteiger partial charge in [-0.3, -0.25) is 0 Å². The second-order valence-electron chi connectivity index (χ2n) is 4.61. The van der Waals surface area contributed by atoms with Gasteiger partial charge in [0.15, 0.2) is 6.61 Å². The fourth-order valence-corrected chi connectivity index (χ4v) is 1.84. The van der Waals surface area contributed by atoms with E-state index in [0.29, 0.717) is 22.9 Å². The van der Waals surface area contributed by atoms with Gasteiger partial charge in [-0.05, 0) is 19.1 Å². The van der Waals surface area contributed by atoms with E-state index in [1.807, 2.05) is 37.3 Å². The SMILES string of the molecule is C#CC=C(F)CON=Cc1c(C)nn(C)c1Oc1ccccc1. The van der Waals surface area contributed by atoms with Gasteiger partial charge >= 0.3 is 0 Å². The highest BCUT2D eigenvalue weighted by Gasteiger charge is 2.14. The predicted molar refractivity (Wildman–Crippen MR) is 86.0 cm³/mol. The summed E-state index contributed by atoms with van der Waals surface area (Å²) in [4.78, 5) is 4.86. The van der Waals surface area contributed by atoms with Crippen LogP contribution in [0.3, 0.4) is 0 Å². The minimum absolute atomic E-state index is 0.325. The Balaban J connectivity index is 2.13. The van der Waals surface area contributed by atoms with Crippen LogP contribution in [-0.4, -0.2) is 22.6 Å². The monoisotopic (exact) mass is 313 g/mol. The fourth-order valence-electron chi connectivity index (χ4n) is 1.84. The van der Waals surface area contributed by atoms with Crippen LogP contribution in [0.2, 0.25) is 0 Å². The Morgan fingerprint density at radius 3 is 2.87 bits per heavy atom. The van der Waals surface area contributed by atoms with Crippen LogP contribution < -0.4 is 4.74 Å². The van der Waals surface area contributed by atoms with E-state index in [2.05, 4.69) is 16.2 Å². The largest absolute Gasteiger partial charge is 0.439 e. The van der Waals surface area contributed by atoms with Crippen molar-refractivity contribution < 1.29 is 14.0 Å². The molecule has 118 valence electrons. The lowest BCUT2D eigenvalue weighted by molar-refractivity contribution is 0.154. The highest BCUT2D eigenvalue weighted by atomic mass is 19.1. The second kappa shape index (κ2) is 7.80. The van der Waals surface area contributed by atoms with E-state index in [-0.39, 0.29) is 6.61 Å². The number of para-hydroxylation sites is 1.